The first-order valence-corrected chi connectivity index (χ1v) is 15.9. The number of fused-ring (bicyclic) bond motifs is 9. The topological polar surface area (TPSA) is 119 Å². The van der Waals surface area contributed by atoms with Crippen LogP contribution >= 0.6 is 0 Å². The molecule has 1 aromatic heterocycles. The molecule has 2 aliphatic rings. The number of piperidine rings is 1. The van der Waals surface area contributed by atoms with Crippen LogP contribution in [-0.2, 0) is 11.3 Å². The third-order valence-electron chi connectivity index (χ3n) is 8.71. The maximum absolute atomic E-state index is 14.8. The number of likely N-dealkylation sites (tertiary alicyclic amines) is 1. The summed E-state index contributed by atoms with van der Waals surface area (Å²) in [7, 11) is 1.55. The van der Waals surface area contributed by atoms with Crippen molar-refractivity contribution in [1.29, 1.82) is 0 Å². The number of ether oxygens (including phenoxy) is 3. The van der Waals surface area contributed by atoms with E-state index in [9.17, 15) is 18.8 Å². The number of benzene rings is 4. The molecule has 6 bridgehead atoms. The van der Waals surface area contributed by atoms with Gasteiger partial charge in [0.2, 0.25) is 0 Å². The Hall–Kier alpha value is -5.97. The normalized spacial score (nSPS) is 18.0. The fourth-order valence-electron chi connectivity index (χ4n) is 6.30. The molecule has 4 aromatic carbocycles. The van der Waals surface area contributed by atoms with Crippen LogP contribution in [0, 0.1) is 5.82 Å². The summed E-state index contributed by atoms with van der Waals surface area (Å²) in [6.45, 7) is 0.280. The van der Waals surface area contributed by atoms with Crippen LogP contribution in [0.1, 0.15) is 32.7 Å². The first-order valence-electron chi connectivity index (χ1n) is 15.9. The maximum atomic E-state index is 14.8. The Morgan fingerprint density at radius 3 is 2.71 bits per heavy atom. The van der Waals surface area contributed by atoms with Gasteiger partial charge in [0.1, 0.15) is 29.2 Å². The highest BCUT2D eigenvalue weighted by molar-refractivity contribution is 6.06. The molecule has 2 aliphatic heterocycles. The van der Waals surface area contributed by atoms with Gasteiger partial charge in [-0.3, -0.25) is 19.4 Å². The van der Waals surface area contributed by atoms with Crippen LogP contribution < -0.4 is 24.8 Å². The molecular formula is C38H33FN4O6. The summed E-state index contributed by atoms with van der Waals surface area (Å²) in [6.07, 6.45) is 1.44. The molecule has 7 rings (SSSR count). The minimum Gasteiger partial charge on any atom is -0.496 e. The molecule has 1 fully saturated rings. The first-order chi connectivity index (χ1) is 23.8. The van der Waals surface area contributed by atoms with E-state index >= 15 is 0 Å². The van der Waals surface area contributed by atoms with Crippen LogP contribution in [0.25, 0.3) is 22.0 Å². The molecule has 2 N–H and O–H groups in total. The summed E-state index contributed by atoms with van der Waals surface area (Å²) in [5.74, 6) is -0.275. The summed E-state index contributed by atoms with van der Waals surface area (Å²) in [5.41, 5.74) is 3.42. The van der Waals surface area contributed by atoms with E-state index in [1.807, 2.05) is 18.2 Å². The van der Waals surface area contributed by atoms with Crippen molar-refractivity contribution >= 4 is 28.6 Å². The molecule has 10 nitrogen and oxygen atoms in total. The fourth-order valence-corrected chi connectivity index (χ4v) is 6.30. The Kier molecular flexibility index (Phi) is 8.80. The van der Waals surface area contributed by atoms with Crippen molar-refractivity contribution in [1.82, 2.24) is 20.5 Å². The highest BCUT2D eigenvalue weighted by Gasteiger charge is 2.35. The number of hydrogen-bond donors (Lipinski definition) is 2. The van der Waals surface area contributed by atoms with E-state index in [1.54, 1.807) is 78.9 Å². The minimum atomic E-state index is -0.658. The number of amides is 3. The zero-order chi connectivity index (χ0) is 33.9. The van der Waals surface area contributed by atoms with Crippen LogP contribution in [0.4, 0.5) is 4.39 Å². The largest absolute Gasteiger partial charge is 0.496 e. The zero-order valence-electron chi connectivity index (χ0n) is 26.6. The number of carbonyl (C=O) groups is 3. The van der Waals surface area contributed by atoms with E-state index in [4.69, 9.17) is 14.2 Å². The molecule has 0 saturated carbocycles. The van der Waals surface area contributed by atoms with Gasteiger partial charge in [-0.1, -0.05) is 24.3 Å². The summed E-state index contributed by atoms with van der Waals surface area (Å²) in [4.78, 5) is 46.6. The van der Waals surface area contributed by atoms with E-state index < -0.39 is 18.0 Å². The molecule has 0 aliphatic carbocycles. The van der Waals surface area contributed by atoms with Gasteiger partial charge in [-0.2, -0.15) is 0 Å². The number of carbonyl (C=O) groups excluding carboxylic acids is 3. The second kappa shape index (κ2) is 13.6. The van der Waals surface area contributed by atoms with Crippen molar-refractivity contribution in [2.24, 2.45) is 0 Å². The molecule has 2 atom stereocenters. The van der Waals surface area contributed by atoms with Gasteiger partial charge in [0.25, 0.3) is 17.7 Å². The number of nitrogens with one attached hydrogen (secondary N) is 2. The molecule has 5 aromatic rings. The number of nitrogens with zero attached hydrogens (tertiary/aromatic N) is 2. The lowest BCUT2D eigenvalue weighted by atomic mass is 9.98. The van der Waals surface area contributed by atoms with Crippen LogP contribution in [0.3, 0.4) is 0 Å². The van der Waals surface area contributed by atoms with Crippen molar-refractivity contribution in [3.63, 3.8) is 0 Å². The van der Waals surface area contributed by atoms with E-state index in [1.165, 1.54) is 12.1 Å². The predicted octanol–water partition coefficient (Wildman–Crippen LogP) is 5.15. The van der Waals surface area contributed by atoms with Gasteiger partial charge < -0.3 is 29.7 Å². The van der Waals surface area contributed by atoms with Crippen molar-refractivity contribution in [2.75, 3.05) is 26.8 Å². The Bertz CT molecular complexity index is 2060. The Labute approximate surface area is 281 Å². The molecule has 11 heteroatoms. The highest BCUT2D eigenvalue weighted by atomic mass is 19.1. The zero-order valence-corrected chi connectivity index (χ0v) is 26.6. The van der Waals surface area contributed by atoms with Crippen molar-refractivity contribution in [3.05, 3.63) is 120 Å². The number of rotatable bonds is 2. The van der Waals surface area contributed by atoms with Gasteiger partial charge in [0.05, 0.1) is 18.7 Å². The molecule has 49 heavy (non-hydrogen) atoms. The van der Waals surface area contributed by atoms with Crippen LogP contribution in [0.15, 0.2) is 97.2 Å². The number of halogens is 1. The van der Waals surface area contributed by atoms with E-state index in [0.717, 1.165) is 5.39 Å². The standard InChI is InChI=1S/C38H33FN4O6/c1-47-34-11-10-25-18-31(34)24-5-2-6-27(17-24)48-22-36(44)41-20-23-15-26(39)19-28(16-23)49-35-12-14-43(21-33(35)42-37(25)45)38(46)30-7-3-9-32-29(30)8-4-13-40-32/h2-11,13,15-19,33,35H,12,14,20-22H2,1H3,(H,41,44)(H,42,45)/t33-,35-/m1/s1. The van der Waals surface area contributed by atoms with Gasteiger partial charge in [-0.05, 0) is 71.8 Å². The van der Waals surface area contributed by atoms with E-state index in [-0.39, 0.29) is 43.2 Å². The number of aromatic nitrogens is 1. The van der Waals surface area contributed by atoms with Crippen LogP contribution in [-0.4, -0.2) is 66.6 Å². The van der Waals surface area contributed by atoms with Crippen molar-refractivity contribution in [2.45, 2.75) is 25.1 Å². The summed E-state index contributed by atoms with van der Waals surface area (Å²) in [5, 5.41) is 6.60. The second-order valence-electron chi connectivity index (χ2n) is 12.0. The molecule has 0 spiro atoms. The summed E-state index contributed by atoms with van der Waals surface area (Å²) < 4.78 is 32.5. The van der Waals surface area contributed by atoms with Gasteiger partial charge >= 0.3 is 0 Å². The molecule has 0 radical (unpaired) electrons. The van der Waals surface area contributed by atoms with Gasteiger partial charge in [0.15, 0.2) is 6.61 Å². The van der Waals surface area contributed by atoms with Crippen molar-refractivity contribution < 1.29 is 33.0 Å². The minimum absolute atomic E-state index is 0.0480. The molecule has 0 unspecified atom stereocenters. The average molecular weight is 661 g/mol. The first kappa shape index (κ1) is 31.6. The van der Waals surface area contributed by atoms with Crippen LogP contribution in [0.2, 0.25) is 0 Å². The van der Waals surface area contributed by atoms with E-state index in [2.05, 4.69) is 15.6 Å². The number of methoxy groups -OCH3 is 1. The van der Waals surface area contributed by atoms with E-state index in [0.29, 0.717) is 57.8 Å². The Balaban J connectivity index is 1.25. The highest BCUT2D eigenvalue weighted by Crippen LogP contribution is 2.33. The SMILES string of the molecule is COc1ccc2cc1-c1cccc(c1)OCC(=O)NCc1cc(F)cc(c1)O[C@@H]1CCN(C(=O)c3cccc4ncccc34)C[C@H]1NC2=O. The summed E-state index contributed by atoms with van der Waals surface area (Å²) >= 11 is 0. The van der Waals surface area contributed by atoms with Gasteiger partial charge in [-0.25, -0.2) is 4.39 Å². The Morgan fingerprint density at radius 1 is 0.959 bits per heavy atom. The fraction of sp³-hybridized carbons (Fsp3) is 0.211. The monoisotopic (exact) mass is 660 g/mol. The number of pyridine rings is 1. The van der Waals surface area contributed by atoms with Crippen LogP contribution in [0.5, 0.6) is 17.2 Å². The summed E-state index contributed by atoms with van der Waals surface area (Å²) in [6, 6.07) is 24.9. The number of hydrogen-bond acceptors (Lipinski definition) is 7. The predicted molar refractivity (Wildman–Crippen MR) is 180 cm³/mol. The van der Waals surface area contributed by atoms with Gasteiger partial charge in [0, 0.05) is 60.4 Å². The third-order valence-corrected chi connectivity index (χ3v) is 8.71. The maximum Gasteiger partial charge on any atom is 0.258 e. The van der Waals surface area contributed by atoms with Gasteiger partial charge in [-0.15, -0.1) is 0 Å². The molecular weight excluding hydrogens is 627 g/mol. The molecule has 3 heterocycles. The smallest absolute Gasteiger partial charge is 0.258 e. The lowest BCUT2D eigenvalue weighted by molar-refractivity contribution is -0.123. The Morgan fingerprint density at radius 2 is 1.84 bits per heavy atom. The van der Waals surface area contributed by atoms with Crippen molar-refractivity contribution in [3.8, 4) is 28.4 Å². The third kappa shape index (κ3) is 6.87. The molecule has 3 amide bonds. The average Bonchev–Trinajstić information content (AvgIpc) is 3.12. The lowest BCUT2D eigenvalue weighted by Crippen LogP contribution is -2.58. The molecule has 248 valence electrons. The lowest BCUT2D eigenvalue weighted by Gasteiger charge is -2.39. The second-order valence-corrected chi connectivity index (χ2v) is 12.0. The molecule has 1 saturated heterocycles. The quantitative estimate of drug-likeness (QED) is 0.269.